The van der Waals surface area contributed by atoms with Crippen LogP contribution in [0.2, 0.25) is 0 Å². The van der Waals surface area contributed by atoms with Crippen LogP contribution < -0.4 is 5.32 Å². The minimum atomic E-state index is -0.0305. The molecule has 0 aliphatic carbocycles. The van der Waals surface area contributed by atoms with E-state index in [1.165, 1.54) is 0 Å². The minimum Gasteiger partial charge on any atom is -0.336 e. The Morgan fingerprint density at radius 1 is 1.19 bits per heavy atom. The molecule has 1 aliphatic heterocycles. The monoisotopic (exact) mass is 350 g/mol. The van der Waals surface area contributed by atoms with Crippen molar-refractivity contribution in [3.63, 3.8) is 0 Å². The Morgan fingerprint density at radius 2 is 2.00 bits per heavy atom. The maximum Gasteiger partial charge on any atom is 0.318 e. The summed E-state index contributed by atoms with van der Waals surface area (Å²) < 4.78 is 1.79. The number of aromatic nitrogens is 4. The zero-order valence-electron chi connectivity index (χ0n) is 15.0. The van der Waals surface area contributed by atoms with Gasteiger partial charge in [0, 0.05) is 36.7 Å². The standard InChI is InChI=1S/C19H22N6O/c1-13(2)21-19(26)24-11-3-4-16(24)18-17-6-5-15(12-25(17)23-22-18)14-7-9-20-10-8-14/h5-10,12-13,16H,3-4,11H2,1-2H3,(H,21,26)/t16-/m0/s1. The predicted molar refractivity (Wildman–Crippen MR) is 98.6 cm³/mol. The van der Waals surface area contributed by atoms with Crippen LogP contribution in [0.4, 0.5) is 4.79 Å². The molecule has 0 spiro atoms. The predicted octanol–water partition coefficient (Wildman–Crippen LogP) is 3.05. The SMILES string of the molecule is CC(C)NC(=O)N1CCC[C@H]1c1nnn2cc(-c3ccncc3)ccc12. The van der Waals surface area contributed by atoms with Crippen molar-refractivity contribution in [2.45, 2.75) is 38.8 Å². The fraction of sp³-hybridized carbons (Fsp3) is 0.368. The highest BCUT2D eigenvalue weighted by molar-refractivity contribution is 5.76. The van der Waals surface area contributed by atoms with E-state index in [2.05, 4.69) is 26.7 Å². The van der Waals surface area contributed by atoms with Crippen LogP contribution in [0.15, 0.2) is 42.9 Å². The largest absolute Gasteiger partial charge is 0.336 e. The number of likely N-dealkylation sites (tertiary alicyclic amines) is 1. The Bertz CT molecular complexity index is 920. The first-order valence-corrected chi connectivity index (χ1v) is 8.96. The van der Waals surface area contributed by atoms with Crippen molar-refractivity contribution < 1.29 is 4.79 Å². The van der Waals surface area contributed by atoms with Gasteiger partial charge in [0.15, 0.2) is 0 Å². The lowest BCUT2D eigenvalue weighted by molar-refractivity contribution is 0.190. The average molecular weight is 350 g/mol. The van der Waals surface area contributed by atoms with E-state index in [9.17, 15) is 4.79 Å². The fourth-order valence-corrected chi connectivity index (χ4v) is 3.49. The molecule has 7 nitrogen and oxygen atoms in total. The van der Waals surface area contributed by atoms with Crippen LogP contribution in [0.3, 0.4) is 0 Å². The van der Waals surface area contributed by atoms with Crippen LogP contribution in [0, 0.1) is 0 Å². The topological polar surface area (TPSA) is 75.4 Å². The third-order valence-corrected chi connectivity index (χ3v) is 4.70. The van der Waals surface area contributed by atoms with Gasteiger partial charge in [0.1, 0.15) is 5.69 Å². The van der Waals surface area contributed by atoms with Gasteiger partial charge in [0.25, 0.3) is 0 Å². The van der Waals surface area contributed by atoms with E-state index >= 15 is 0 Å². The maximum absolute atomic E-state index is 12.5. The summed E-state index contributed by atoms with van der Waals surface area (Å²) in [6, 6.07) is 8.08. The number of urea groups is 1. The molecule has 4 rings (SSSR count). The molecule has 0 radical (unpaired) electrons. The molecule has 4 heterocycles. The molecule has 26 heavy (non-hydrogen) atoms. The minimum absolute atomic E-state index is 0.0296. The van der Waals surface area contributed by atoms with Crippen molar-refractivity contribution in [3.8, 4) is 11.1 Å². The van der Waals surface area contributed by atoms with Crippen LogP contribution in [0.25, 0.3) is 16.6 Å². The first kappa shape index (κ1) is 16.5. The molecule has 0 bridgehead atoms. The second-order valence-corrected chi connectivity index (χ2v) is 6.91. The summed E-state index contributed by atoms with van der Waals surface area (Å²) in [5.74, 6) is 0. The third-order valence-electron chi connectivity index (χ3n) is 4.70. The van der Waals surface area contributed by atoms with Crippen molar-refractivity contribution in [2.75, 3.05) is 6.54 Å². The third kappa shape index (κ3) is 3.00. The average Bonchev–Trinajstić information content (AvgIpc) is 3.27. The highest BCUT2D eigenvalue weighted by Gasteiger charge is 2.33. The molecule has 0 saturated carbocycles. The number of carbonyl (C=O) groups excluding carboxylic acids is 1. The summed E-state index contributed by atoms with van der Waals surface area (Å²) in [7, 11) is 0. The van der Waals surface area contributed by atoms with Gasteiger partial charge in [0.2, 0.25) is 0 Å². The molecule has 7 heteroatoms. The number of amides is 2. The van der Waals surface area contributed by atoms with E-state index in [1.807, 2.05) is 43.1 Å². The number of nitrogens with one attached hydrogen (secondary N) is 1. The van der Waals surface area contributed by atoms with Gasteiger partial charge in [-0.1, -0.05) is 11.3 Å². The van der Waals surface area contributed by atoms with Gasteiger partial charge >= 0.3 is 6.03 Å². The molecule has 2 amide bonds. The molecular formula is C19H22N6O. The van der Waals surface area contributed by atoms with Gasteiger partial charge in [-0.05, 0) is 50.5 Å². The Kier molecular flexibility index (Phi) is 4.28. The van der Waals surface area contributed by atoms with E-state index in [1.54, 1.807) is 16.9 Å². The highest BCUT2D eigenvalue weighted by atomic mass is 16.2. The lowest BCUT2D eigenvalue weighted by Gasteiger charge is -2.24. The van der Waals surface area contributed by atoms with Gasteiger partial charge in [-0.25, -0.2) is 9.31 Å². The summed E-state index contributed by atoms with van der Waals surface area (Å²) in [5, 5.41) is 11.7. The van der Waals surface area contributed by atoms with Crippen molar-refractivity contribution >= 4 is 11.5 Å². The van der Waals surface area contributed by atoms with Crippen LogP contribution >= 0.6 is 0 Å². The normalized spacial score (nSPS) is 17.2. The first-order valence-electron chi connectivity index (χ1n) is 8.96. The first-order chi connectivity index (χ1) is 12.6. The summed E-state index contributed by atoms with van der Waals surface area (Å²) in [5.41, 5.74) is 3.94. The van der Waals surface area contributed by atoms with Crippen molar-refractivity contribution in [1.29, 1.82) is 0 Å². The van der Waals surface area contributed by atoms with Crippen molar-refractivity contribution in [1.82, 2.24) is 30.0 Å². The lowest BCUT2D eigenvalue weighted by atomic mass is 10.1. The Hall–Kier alpha value is -2.96. The summed E-state index contributed by atoms with van der Waals surface area (Å²) in [6.07, 6.45) is 7.40. The molecule has 1 N–H and O–H groups in total. The molecule has 0 aromatic carbocycles. The van der Waals surface area contributed by atoms with Gasteiger partial charge in [0.05, 0.1) is 11.6 Å². The van der Waals surface area contributed by atoms with E-state index < -0.39 is 0 Å². The number of fused-ring (bicyclic) bond motifs is 1. The number of rotatable bonds is 3. The molecule has 3 aromatic heterocycles. The molecule has 1 saturated heterocycles. The molecule has 134 valence electrons. The van der Waals surface area contributed by atoms with Crippen LogP contribution in [0.5, 0.6) is 0 Å². The zero-order valence-corrected chi connectivity index (χ0v) is 15.0. The summed E-state index contributed by atoms with van der Waals surface area (Å²) in [4.78, 5) is 18.4. The maximum atomic E-state index is 12.5. The quantitative estimate of drug-likeness (QED) is 0.788. The lowest BCUT2D eigenvalue weighted by Crippen LogP contribution is -2.42. The molecule has 1 aliphatic rings. The second kappa shape index (κ2) is 6.74. The van der Waals surface area contributed by atoms with E-state index in [-0.39, 0.29) is 18.1 Å². The molecule has 0 unspecified atom stereocenters. The molecule has 1 fully saturated rings. The Labute approximate surface area is 152 Å². The highest BCUT2D eigenvalue weighted by Crippen LogP contribution is 2.33. The number of hydrogen-bond donors (Lipinski definition) is 1. The number of pyridine rings is 2. The van der Waals surface area contributed by atoms with E-state index in [4.69, 9.17) is 0 Å². The molecule has 1 atom stereocenters. The van der Waals surface area contributed by atoms with Crippen molar-refractivity contribution in [3.05, 3.63) is 48.5 Å². The smallest absolute Gasteiger partial charge is 0.318 e. The van der Waals surface area contributed by atoms with Crippen molar-refractivity contribution in [2.24, 2.45) is 0 Å². The number of carbonyl (C=O) groups is 1. The van der Waals surface area contributed by atoms with Crippen LogP contribution in [-0.4, -0.2) is 43.3 Å². The molecular weight excluding hydrogens is 328 g/mol. The summed E-state index contributed by atoms with van der Waals surface area (Å²) >= 11 is 0. The van der Waals surface area contributed by atoms with Gasteiger partial charge < -0.3 is 10.2 Å². The number of hydrogen-bond acceptors (Lipinski definition) is 4. The van der Waals surface area contributed by atoms with Gasteiger partial charge in [-0.3, -0.25) is 4.98 Å². The summed E-state index contributed by atoms with van der Waals surface area (Å²) in [6.45, 7) is 4.69. The number of nitrogens with zero attached hydrogens (tertiary/aromatic N) is 5. The van der Waals surface area contributed by atoms with E-state index in [0.29, 0.717) is 0 Å². The van der Waals surface area contributed by atoms with Gasteiger partial charge in [-0.2, -0.15) is 0 Å². The Morgan fingerprint density at radius 3 is 2.77 bits per heavy atom. The zero-order chi connectivity index (χ0) is 18.1. The van der Waals surface area contributed by atoms with Gasteiger partial charge in [-0.15, -0.1) is 5.10 Å². The molecule has 3 aromatic rings. The van der Waals surface area contributed by atoms with Crippen LogP contribution in [-0.2, 0) is 0 Å². The Balaban J connectivity index is 1.66. The second-order valence-electron chi connectivity index (χ2n) is 6.91. The van der Waals surface area contributed by atoms with E-state index in [0.717, 1.165) is 41.7 Å². The fourth-order valence-electron chi connectivity index (χ4n) is 3.49. The van der Waals surface area contributed by atoms with Crippen LogP contribution in [0.1, 0.15) is 38.4 Å².